The predicted octanol–water partition coefficient (Wildman–Crippen LogP) is 15.3. The number of rotatable bonds is 35. The van der Waals surface area contributed by atoms with E-state index < -0.39 is 0 Å². The highest BCUT2D eigenvalue weighted by Crippen LogP contribution is 2.19. The van der Waals surface area contributed by atoms with Crippen molar-refractivity contribution in [2.75, 3.05) is 0 Å². The fourth-order valence-electron chi connectivity index (χ4n) is 6.40. The van der Waals surface area contributed by atoms with E-state index in [1.807, 2.05) is 0 Å². The summed E-state index contributed by atoms with van der Waals surface area (Å²) in [6.07, 6.45) is 51.8. The van der Waals surface area contributed by atoms with E-state index in [2.05, 4.69) is 20.8 Å². The molecular weight excluding hydrogens is 468 g/mol. The van der Waals surface area contributed by atoms with Crippen LogP contribution in [0, 0.1) is 5.92 Å². The Kier molecular flexibility index (Phi) is 36.0. The molecule has 0 rings (SSSR count). The minimum absolute atomic E-state index is 0.968. The Hall–Kier alpha value is 0. The molecule has 0 saturated heterocycles. The lowest BCUT2D eigenvalue weighted by molar-refractivity contribution is 0.430. The van der Waals surface area contributed by atoms with Crippen molar-refractivity contribution in [3.8, 4) is 0 Å². The summed E-state index contributed by atoms with van der Waals surface area (Å²) in [5, 5.41) is 0. The Balaban J connectivity index is 3.08. The highest BCUT2D eigenvalue weighted by molar-refractivity contribution is 4.56. The molecule has 0 heteroatoms. The lowest BCUT2D eigenvalue weighted by atomic mass is 9.96. The van der Waals surface area contributed by atoms with Crippen molar-refractivity contribution in [3.05, 3.63) is 0 Å². The van der Waals surface area contributed by atoms with Gasteiger partial charge in [0.05, 0.1) is 0 Å². The van der Waals surface area contributed by atoms with Crippen molar-refractivity contribution in [3.63, 3.8) is 0 Å². The Labute approximate surface area is 251 Å². The topological polar surface area (TPSA) is 0 Å². The number of hydrogen-bond donors (Lipinski definition) is 0. The van der Waals surface area contributed by atoms with Gasteiger partial charge in [0.15, 0.2) is 0 Å². The average molecular weight is 549 g/mol. The monoisotopic (exact) mass is 549 g/mol. The first-order chi connectivity index (χ1) is 19.3. The van der Waals surface area contributed by atoms with Gasteiger partial charge in [0.25, 0.3) is 0 Å². The van der Waals surface area contributed by atoms with E-state index >= 15 is 0 Å². The normalized spacial score (nSPS) is 12.4. The van der Waals surface area contributed by atoms with Crippen LogP contribution in [0.1, 0.15) is 245 Å². The average Bonchev–Trinajstić information content (AvgIpc) is 2.94. The highest BCUT2D eigenvalue weighted by atomic mass is 14.1. The molecule has 0 amide bonds. The van der Waals surface area contributed by atoms with Crippen LogP contribution in [0.25, 0.3) is 0 Å². The van der Waals surface area contributed by atoms with Gasteiger partial charge < -0.3 is 0 Å². The molecule has 0 N–H and O–H groups in total. The first-order valence-corrected chi connectivity index (χ1v) is 19.3. The van der Waals surface area contributed by atoms with Gasteiger partial charge in [-0.3, -0.25) is 0 Å². The van der Waals surface area contributed by atoms with Gasteiger partial charge in [-0.25, -0.2) is 0 Å². The van der Waals surface area contributed by atoms with E-state index in [0.29, 0.717) is 0 Å². The third kappa shape index (κ3) is 36.0. The second-order valence-electron chi connectivity index (χ2n) is 13.6. The Morgan fingerprint density at radius 3 is 0.564 bits per heavy atom. The Bertz CT molecular complexity index is 399. The second kappa shape index (κ2) is 36.0. The number of hydrogen-bond acceptors (Lipinski definition) is 0. The van der Waals surface area contributed by atoms with Crippen molar-refractivity contribution < 1.29 is 0 Å². The van der Waals surface area contributed by atoms with Crippen LogP contribution < -0.4 is 0 Å². The van der Waals surface area contributed by atoms with E-state index in [1.54, 1.807) is 0 Å². The van der Waals surface area contributed by atoms with Crippen LogP contribution in [0.4, 0.5) is 0 Å². The largest absolute Gasteiger partial charge is 0.0654 e. The summed E-state index contributed by atoms with van der Waals surface area (Å²) in [7, 11) is 0. The van der Waals surface area contributed by atoms with Crippen molar-refractivity contribution >= 4 is 0 Å². The molecule has 0 aliphatic carbocycles. The maximum atomic E-state index is 2.49. The lowest BCUT2D eigenvalue weighted by Gasteiger charge is -2.11. The standard InChI is InChI=1S/C39H80/c1-4-6-8-10-12-13-14-15-16-17-18-19-20-21-22-23-24-25-26-27-28-29-30-31-32-34-36-38-39(3)37-35-33-11-9-7-5-2/h39H,4-38H2,1-3H3. The lowest BCUT2D eigenvalue weighted by Crippen LogP contribution is -1.95. The number of unbranched alkanes of at least 4 members (excludes halogenated alkanes) is 31. The van der Waals surface area contributed by atoms with Crippen LogP contribution in [-0.4, -0.2) is 0 Å². The SMILES string of the molecule is CCCCCCCCCCCCCCCCCCCCCCCCCCCCCC(C)CCCCCCCC. The van der Waals surface area contributed by atoms with Gasteiger partial charge in [-0.15, -0.1) is 0 Å². The molecular formula is C39H80. The summed E-state index contributed by atoms with van der Waals surface area (Å²) < 4.78 is 0. The summed E-state index contributed by atoms with van der Waals surface area (Å²) in [5.74, 6) is 0.968. The molecule has 0 aromatic carbocycles. The van der Waals surface area contributed by atoms with E-state index in [4.69, 9.17) is 0 Å². The molecule has 0 nitrogen and oxygen atoms in total. The third-order valence-electron chi connectivity index (χ3n) is 9.35. The van der Waals surface area contributed by atoms with Gasteiger partial charge >= 0.3 is 0 Å². The van der Waals surface area contributed by atoms with Gasteiger partial charge in [0.1, 0.15) is 0 Å². The minimum Gasteiger partial charge on any atom is -0.0654 e. The zero-order valence-corrected chi connectivity index (χ0v) is 28.3. The van der Waals surface area contributed by atoms with Gasteiger partial charge in [0.2, 0.25) is 0 Å². The molecule has 0 radical (unpaired) electrons. The van der Waals surface area contributed by atoms with Crippen LogP contribution in [0.2, 0.25) is 0 Å². The Morgan fingerprint density at radius 2 is 0.385 bits per heavy atom. The van der Waals surface area contributed by atoms with Gasteiger partial charge in [-0.1, -0.05) is 245 Å². The summed E-state index contributed by atoms with van der Waals surface area (Å²) in [5.41, 5.74) is 0. The molecule has 236 valence electrons. The molecule has 0 aliphatic rings. The van der Waals surface area contributed by atoms with Crippen LogP contribution in [-0.2, 0) is 0 Å². The zero-order valence-electron chi connectivity index (χ0n) is 28.3. The third-order valence-corrected chi connectivity index (χ3v) is 9.35. The molecule has 39 heavy (non-hydrogen) atoms. The summed E-state index contributed by atoms with van der Waals surface area (Å²) in [4.78, 5) is 0. The molecule has 0 aromatic heterocycles. The van der Waals surface area contributed by atoms with E-state index in [1.165, 1.54) is 225 Å². The Morgan fingerprint density at radius 1 is 0.231 bits per heavy atom. The van der Waals surface area contributed by atoms with E-state index in [0.717, 1.165) is 5.92 Å². The minimum atomic E-state index is 0.968. The summed E-state index contributed by atoms with van der Waals surface area (Å²) in [6.45, 7) is 7.11. The van der Waals surface area contributed by atoms with Crippen molar-refractivity contribution in [1.82, 2.24) is 0 Å². The van der Waals surface area contributed by atoms with Crippen LogP contribution in [0.15, 0.2) is 0 Å². The summed E-state index contributed by atoms with van der Waals surface area (Å²) >= 11 is 0. The van der Waals surface area contributed by atoms with Crippen LogP contribution in [0.5, 0.6) is 0 Å². The molecule has 0 aromatic rings. The summed E-state index contributed by atoms with van der Waals surface area (Å²) in [6, 6.07) is 0. The van der Waals surface area contributed by atoms with E-state index in [-0.39, 0.29) is 0 Å². The fraction of sp³-hybridized carbons (Fsp3) is 1.00. The van der Waals surface area contributed by atoms with Crippen LogP contribution in [0.3, 0.4) is 0 Å². The van der Waals surface area contributed by atoms with Crippen LogP contribution >= 0.6 is 0 Å². The maximum absolute atomic E-state index is 2.49. The fourth-order valence-corrected chi connectivity index (χ4v) is 6.40. The molecule has 0 bridgehead atoms. The van der Waals surface area contributed by atoms with Gasteiger partial charge in [-0.2, -0.15) is 0 Å². The molecule has 1 atom stereocenters. The van der Waals surface area contributed by atoms with Crippen molar-refractivity contribution in [2.45, 2.75) is 245 Å². The molecule has 1 unspecified atom stereocenters. The van der Waals surface area contributed by atoms with Gasteiger partial charge in [-0.05, 0) is 5.92 Å². The zero-order chi connectivity index (χ0) is 28.3. The first kappa shape index (κ1) is 39.0. The molecule has 0 aliphatic heterocycles. The predicted molar refractivity (Wildman–Crippen MR) is 182 cm³/mol. The smallest absolute Gasteiger partial charge is 0.0443 e. The molecule has 0 spiro atoms. The van der Waals surface area contributed by atoms with Gasteiger partial charge in [0, 0.05) is 0 Å². The molecule has 0 heterocycles. The second-order valence-corrected chi connectivity index (χ2v) is 13.6. The first-order valence-electron chi connectivity index (χ1n) is 19.3. The molecule has 0 saturated carbocycles. The maximum Gasteiger partial charge on any atom is -0.0443 e. The van der Waals surface area contributed by atoms with Crippen molar-refractivity contribution in [2.24, 2.45) is 5.92 Å². The van der Waals surface area contributed by atoms with Crippen molar-refractivity contribution in [1.29, 1.82) is 0 Å². The molecule has 0 fully saturated rings. The highest BCUT2D eigenvalue weighted by Gasteiger charge is 2.02. The van der Waals surface area contributed by atoms with E-state index in [9.17, 15) is 0 Å². The quantitative estimate of drug-likeness (QED) is 0.0691.